The lowest BCUT2D eigenvalue weighted by Gasteiger charge is -2.03. The Hall–Kier alpha value is -3.13. The molecule has 2 aromatic carbocycles. The fourth-order valence-electron chi connectivity index (χ4n) is 1.94. The van der Waals surface area contributed by atoms with Gasteiger partial charge in [0.2, 0.25) is 5.96 Å². The van der Waals surface area contributed by atoms with E-state index in [1.54, 1.807) is 12.1 Å². The molecule has 8 heteroatoms. The maximum absolute atomic E-state index is 12.0. The van der Waals surface area contributed by atoms with Gasteiger partial charge in [-0.1, -0.05) is 29.8 Å². The Bertz CT molecular complexity index is 911. The molecule has 0 aliphatic heterocycles. The molecule has 5 N–H and O–H groups in total. The van der Waals surface area contributed by atoms with E-state index in [0.29, 0.717) is 11.3 Å². The van der Waals surface area contributed by atoms with Gasteiger partial charge in [0.05, 0.1) is 4.90 Å². The van der Waals surface area contributed by atoms with Gasteiger partial charge in [0.1, 0.15) is 0 Å². The van der Waals surface area contributed by atoms with Crippen LogP contribution in [0.2, 0.25) is 0 Å². The van der Waals surface area contributed by atoms with Gasteiger partial charge in [0.25, 0.3) is 10.0 Å². The van der Waals surface area contributed by atoms with E-state index < -0.39 is 16.0 Å². The number of nitrogens with zero attached hydrogens (tertiary/aromatic N) is 1. The van der Waals surface area contributed by atoms with E-state index in [2.05, 4.69) is 9.71 Å². The number of hydrogen-bond donors (Lipinski definition) is 3. The highest BCUT2D eigenvalue weighted by Crippen LogP contribution is 2.16. The quantitative estimate of drug-likeness (QED) is 0.312. The summed E-state index contributed by atoms with van der Waals surface area (Å²) in [6, 6.07) is 13.0. The first kappa shape index (κ1) is 18.2. The molecule has 0 aliphatic carbocycles. The first-order valence-corrected chi connectivity index (χ1v) is 8.72. The standard InChI is InChI=1S/C17H18N4O3S/c1-12-2-4-13(5-3-12)16(22)10-11-20-14-6-8-15(9-7-14)25(23,24)21-17(18)19/h2-11,20H,1H3,(H4,18,19,21)/b11-10+. The number of nitrogens with two attached hydrogens (primary N) is 2. The lowest BCUT2D eigenvalue weighted by molar-refractivity contribution is 0.104. The number of anilines is 1. The summed E-state index contributed by atoms with van der Waals surface area (Å²) in [4.78, 5) is 12.0. The van der Waals surface area contributed by atoms with Gasteiger partial charge < -0.3 is 16.8 Å². The molecule has 0 aromatic heterocycles. The molecule has 0 saturated heterocycles. The second kappa shape index (κ2) is 7.63. The van der Waals surface area contributed by atoms with E-state index in [0.717, 1.165) is 5.56 Å². The zero-order valence-electron chi connectivity index (χ0n) is 13.5. The van der Waals surface area contributed by atoms with Crippen molar-refractivity contribution in [2.75, 3.05) is 5.32 Å². The van der Waals surface area contributed by atoms with Gasteiger partial charge in [-0.2, -0.15) is 8.42 Å². The molecule has 0 unspecified atom stereocenters. The summed E-state index contributed by atoms with van der Waals surface area (Å²) in [6.45, 7) is 1.95. The smallest absolute Gasteiger partial charge is 0.285 e. The molecule has 0 radical (unpaired) electrons. The summed E-state index contributed by atoms with van der Waals surface area (Å²) in [7, 11) is -3.91. The third-order valence-electron chi connectivity index (χ3n) is 3.20. The Balaban J connectivity index is 2.03. The molecule has 0 heterocycles. The highest BCUT2D eigenvalue weighted by atomic mass is 32.2. The van der Waals surface area contributed by atoms with Gasteiger partial charge in [0.15, 0.2) is 5.78 Å². The molecular formula is C17H18N4O3S. The number of carbonyl (C=O) groups is 1. The van der Waals surface area contributed by atoms with Crippen LogP contribution in [-0.2, 0) is 10.0 Å². The molecule has 25 heavy (non-hydrogen) atoms. The summed E-state index contributed by atoms with van der Waals surface area (Å²) >= 11 is 0. The van der Waals surface area contributed by atoms with E-state index in [4.69, 9.17) is 11.5 Å². The van der Waals surface area contributed by atoms with Crippen molar-refractivity contribution in [1.82, 2.24) is 0 Å². The van der Waals surface area contributed by atoms with Crippen LogP contribution in [0.5, 0.6) is 0 Å². The van der Waals surface area contributed by atoms with E-state index in [9.17, 15) is 13.2 Å². The van der Waals surface area contributed by atoms with Gasteiger partial charge in [-0.3, -0.25) is 4.79 Å². The summed E-state index contributed by atoms with van der Waals surface area (Å²) in [5.74, 6) is -0.667. The van der Waals surface area contributed by atoms with Crippen molar-refractivity contribution in [3.8, 4) is 0 Å². The average Bonchev–Trinajstić information content (AvgIpc) is 2.54. The minimum atomic E-state index is -3.91. The monoisotopic (exact) mass is 358 g/mol. The first-order valence-electron chi connectivity index (χ1n) is 7.28. The topological polar surface area (TPSA) is 128 Å². The van der Waals surface area contributed by atoms with Crippen LogP contribution in [0, 0.1) is 6.92 Å². The number of allylic oxidation sites excluding steroid dienone is 1. The Labute approximate surface area is 146 Å². The van der Waals surface area contributed by atoms with Gasteiger partial charge in [-0.05, 0) is 31.2 Å². The van der Waals surface area contributed by atoms with Gasteiger partial charge in [0, 0.05) is 23.5 Å². The molecule has 0 saturated carbocycles. The molecule has 0 atom stereocenters. The number of sulfonamides is 1. The third kappa shape index (κ3) is 5.18. The molecule has 0 spiro atoms. The van der Waals surface area contributed by atoms with Crippen molar-refractivity contribution in [2.45, 2.75) is 11.8 Å². The molecular weight excluding hydrogens is 340 g/mol. The molecule has 0 fully saturated rings. The Morgan fingerprint density at radius 2 is 1.64 bits per heavy atom. The van der Waals surface area contributed by atoms with Crippen LogP contribution in [0.15, 0.2) is 70.1 Å². The van der Waals surface area contributed by atoms with Gasteiger partial charge in [-0.15, -0.1) is 4.40 Å². The second-order valence-corrected chi connectivity index (χ2v) is 6.83. The number of carbonyl (C=O) groups excluding carboxylic acids is 1. The number of aryl methyl sites for hydroxylation is 1. The van der Waals surface area contributed by atoms with Crippen LogP contribution in [0.4, 0.5) is 5.69 Å². The van der Waals surface area contributed by atoms with Crippen LogP contribution in [0.1, 0.15) is 15.9 Å². The SMILES string of the molecule is Cc1ccc(C(=O)/C=C/Nc2ccc(S(=O)(=O)N=C(N)N)cc2)cc1. The van der Waals surface area contributed by atoms with Crippen molar-refractivity contribution in [3.05, 3.63) is 71.9 Å². The fourth-order valence-corrected chi connectivity index (χ4v) is 2.81. The number of ketones is 1. The largest absolute Gasteiger partial charge is 0.369 e. The highest BCUT2D eigenvalue weighted by molar-refractivity contribution is 7.90. The molecule has 130 valence electrons. The van der Waals surface area contributed by atoms with Gasteiger partial charge in [-0.25, -0.2) is 0 Å². The van der Waals surface area contributed by atoms with Crippen molar-refractivity contribution in [2.24, 2.45) is 15.9 Å². The number of nitrogens with one attached hydrogen (secondary N) is 1. The summed E-state index contributed by atoms with van der Waals surface area (Å²) in [6.07, 6.45) is 2.89. The Morgan fingerprint density at radius 3 is 2.20 bits per heavy atom. The molecule has 7 nitrogen and oxygen atoms in total. The lowest BCUT2D eigenvalue weighted by Crippen LogP contribution is -2.24. The average molecular weight is 358 g/mol. The van der Waals surface area contributed by atoms with E-state index in [1.165, 1.54) is 36.5 Å². The summed E-state index contributed by atoms with van der Waals surface area (Å²) in [5.41, 5.74) is 12.5. The minimum Gasteiger partial charge on any atom is -0.369 e. The van der Waals surface area contributed by atoms with Crippen LogP contribution in [-0.4, -0.2) is 20.2 Å². The zero-order valence-corrected chi connectivity index (χ0v) is 14.3. The van der Waals surface area contributed by atoms with Gasteiger partial charge >= 0.3 is 0 Å². The Morgan fingerprint density at radius 1 is 1.04 bits per heavy atom. The molecule has 2 rings (SSSR count). The Kier molecular flexibility index (Phi) is 5.56. The lowest BCUT2D eigenvalue weighted by atomic mass is 10.1. The van der Waals surface area contributed by atoms with Crippen LogP contribution < -0.4 is 16.8 Å². The number of benzene rings is 2. The van der Waals surface area contributed by atoms with E-state index >= 15 is 0 Å². The summed E-state index contributed by atoms with van der Waals surface area (Å²) < 4.78 is 26.8. The third-order valence-corrected chi connectivity index (χ3v) is 4.52. The summed E-state index contributed by atoms with van der Waals surface area (Å²) in [5, 5.41) is 2.89. The van der Waals surface area contributed by atoms with E-state index in [-0.39, 0.29) is 10.7 Å². The number of hydrogen-bond acceptors (Lipinski definition) is 4. The normalized spacial score (nSPS) is 11.2. The van der Waals surface area contributed by atoms with Crippen molar-refractivity contribution >= 4 is 27.5 Å². The predicted molar refractivity (Wildman–Crippen MR) is 97.7 cm³/mol. The fraction of sp³-hybridized carbons (Fsp3) is 0.0588. The van der Waals surface area contributed by atoms with Crippen LogP contribution in [0.25, 0.3) is 0 Å². The van der Waals surface area contributed by atoms with Crippen LogP contribution >= 0.6 is 0 Å². The van der Waals surface area contributed by atoms with E-state index in [1.807, 2.05) is 19.1 Å². The highest BCUT2D eigenvalue weighted by Gasteiger charge is 2.12. The molecule has 0 bridgehead atoms. The molecule has 0 aliphatic rings. The van der Waals surface area contributed by atoms with Crippen LogP contribution in [0.3, 0.4) is 0 Å². The predicted octanol–water partition coefficient (Wildman–Crippen LogP) is 1.77. The number of guanidine groups is 1. The molecule has 0 amide bonds. The zero-order chi connectivity index (χ0) is 18.4. The molecule has 2 aromatic rings. The van der Waals surface area contributed by atoms with Crippen molar-refractivity contribution < 1.29 is 13.2 Å². The maximum atomic E-state index is 12.0. The number of rotatable bonds is 6. The van der Waals surface area contributed by atoms with Crippen molar-refractivity contribution in [1.29, 1.82) is 0 Å². The minimum absolute atomic E-state index is 0.0360. The maximum Gasteiger partial charge on any atom is 0.285 e. The van der Waals surface area contributed by atoms with Crippen molar-refractivity contribution in [3.63, 3.8) is 0 Å². The second-order valence-electron chi connectivity index (χ2n) is 5.22. The first-order chi connectivity index (χ1) is 11.8.